The fourth-order valence-electron chi connectivity index (χ4n) is 3.49. The molecule has 0 saturated heterocycles. The highest BCUT2D eigenvalue weighted by Gasteiger charge is 2.32. The number of aromatic nitrogens is 2. The molecule has 0 radical (unpaired) electrons. The molecule has 0 bridgehead atoms. The maximum Gasteiger partial charge on any atom is 0.417 e. The van der Waals surface area contributed by atoms with Crippen LogP contribution in [0.15, 0.2) is 42.6 Å². The molecule has 0 aliphatic carbocycles. The summed E-state index contributed by atoms with van der Waals surface area (Å²) < 4.78 is 57.9. The molecule has 0 aliphatic heterocycles. The Morgan fingerprint density at radius 3 is 2.54 bits per heavy atom. The van der Waals surface area contributed by atoms with Crippen molar-refractivity contribution in [3.05, 3.63) is 70.8 Å². The van der Waals surface area contributed by atoms with Crippen LogP contribution in [0.3, 0.4) is 0 Å². The largest absolute Gasteiger partial charge is 0.481 e. The maximum atomic E-state index is 13.9. The predicted octanol–water partition coefficient (Wildman–Crippen LogP) is 5.62. The first kappa shape index (κ1) is 25.7. The van der Waals surface area contributed by atoms with Gasteiger partial charge in [0, 0.05) is 18.0 Å². The van der Waals surface area contributed by atoms with Crippen molar-refractivity contribution < 1.29 is 32.2 Å². The normalized spacial score (nSPS) is 11.3. The van der Waals surface area contributed by atoms with Gasteiger partial charge >= 0.3 is 12.1 Å². The number of pyridine rings is 2. The summed E-state index contributed by atoms with van der Waals surface area (Å²) in [6.07, 6.45) is -0.884. The van der Waals surface area contributed by atoms with Crippen molar-refractivity contribution in [2.24, 2.45) is 0 Å². The van der Waals surface area contributed by atoms with Crippen molar-refractivity contribution in [2.75, 3.05) is 18.2 Å². The number of carboxylic acid groups (broad SMARTS) is 1. The van der Waals surface area contributed by atoms with Gasteiger partial charge in [-0.3, -0.25) is 0 Å². The molecule has 0 unspecified atom stereocenters. The fourth-order valence-corrected chi connectivity index (χ4v) is 3.49. The second-order valence-electron chi connectivity index (χ2n) is 7.80. The number of ether oxygens (including phenoxy) is 1. The molecule has 0 saturated carbocycles. The van der Waals surface area contributed by atoms with E-state index in [4.69, 9.17) is 10.5 Å². The lowest BCUT2D eigenvalue weighted by Crippen LogP contribution is -2.12. The zero-order chi connectivity index (χ0) is 25.6. The third kappa shape index (κ3) is 6.81. The Morgan fingerprint density at radius 2 is 1.86 bits per heavy atom. The minimum absolute atomic E-state index is 0.266. The number of aryl methyl sites for hydroxylation is 2. The number of nitrogen functional groups attached to an aromatic ring is 1. The van der Waals surface area contributed by atoms with E-state index in [0.29, 0.717) is 54.3 Å². The molecule has 0 atom stereocenters. The first-order chi connectivity index (χ1) is 16.6. The molecule has 0 fully saturated rings. The SMILES string of the molecule is COc1ccc(N)c(CCCCCc2cc(F)ccc2Nc2ncc(C(F)(F)F)cc2C(=O)O)n1. The van der Waals surface area contributed by atoms with E-state index in [1.807, 2.05) is 0 Å². The Balaban J connectivity index is 1.68. The highest BCUT2D eigenvalue weighted by atomic mass is 19.4. The van der Waals surface area contributed by atoms with Gasteiger partial charge in [-0.15, -0.1) is 0 Å². The van der Waals surface area contributed by atoms with Crippen LogP contribution in [0.4, 0.5) is 34.8 Å². The van der Waals surface area contributed by atoms with Crippen LogP contribution in [0.2, 0.25) is 0 Å². The minimum Gasteiger partial charge on any atom is -0.481 e. The van der Waals surface area contributed by atoms with Crippen LogP contribution in [0.1, 0.15) is 46.4 Å². The molecule has 0 spiro atoms. The predicted molar refractivity (Wildman–Crippen MR) is 122 cm³/mol. The number of nitrogens with two attached hydrogens (primary N) is 1. The Morgan fingerprint density at radius 1 is 1.11 bits per heavy atom. The van der Waals surface area contributed by atoms with Gasteiger partial charge in [-0.25, -0.2) is 19.2 Å². The number of anilines is 3. The van der Waals surface area contributed by atoms with Gasteiger partial charge in [0.2, 0.25) is 5.88 Å². The number of nitrogens with zero attached hydrogens (tertiary/aromatic N) is 2. The number of aromatic carboxylic acids is 1. The van der Waals surface area contributed by atoms with Crippen molar-refractivity contribution in [1.82, 2.24) is 9.97 Å². The number of alkyl halides is 3. The molecule has 35 heavy (non-hydrogen) atoms. The summed E-state index contributed by atoms with van der Waals surface area (Å²) in [6.45, 7) is 0. The van der Waals surface area contributed by atoms with Gasteiger partial charge in [-0.1, -0.05) is 6.42 Å². The Hall–Kier alpha value is -3.89. The molecule has 186 valence electrons. The first-order valence-electron chi connectivity index (χ1n) is 10.7. The molecule has 7 nitrogen and oxygen atoms in total. The smallest absolute Gasteiger partial charge is 0.417 e. The van der Waals surface area contributed by atoms with Crippen LogP contribution >= 0.6 is 0 Å². The molecular formula is C24H24F4N4O3. The lowest BCUT2D eigenvalue weighted by Gasteiger charge is -2.15. The number of benzene rings is 1. The first-order valence-corrected chi connectivity index (χ1v) is 10.7. The van der Waals surface area contributed by atoms with Crippen LogP contribution in [-0.4, -0.2) is 28.2 Å². The van der Waals surface area contributed by atoms with Gasteiger partial charge in [0.05, 0.1) is 24.1 Å². The van der Waals surface area contributed by atoms with E-state index in [9.17, 15) is 27.5 Å². The number of halogens is 4. The van der Waals surface area contributed by atoms with E-state index >= 15 is 0 Å². The van der Waals surface area contributed by atoms with E-state index in [2.05, 4.69) is 15.3 Å². The Kier molecular flexibility index (Phi) is 8.10. The number of hydrogen-bond donors (Lipinski definition) is 3. The van der Waals surface area contributed by atoms with E-state index < -0.39 is 29.1 Å². The number of hydrogen-bond acceptors (Lipinski definition) is 6. The highest BCUT2D eigenvalue weighted by molar-refractivity contribution is 5.94. The highest BCUT2D eigenvalue weighted by Crippen LogP contribution is 2.32. The second-order valence-corrected chi connectivity index (χ2v) is 7.80. The number of nitrogens with one attached hydrogen (secondary N) is 1. The summed E-state index contributed by atoms with van der Waals surface area (Å²) in [5.74, 6) is -1.85. The quantitative estimate of drug-likeness (QED) is 0.249. The van der Waals surface area contributed by atoms with Gasteiger partial charge in [0.25, 0.3) is 0 Å². The second kappa shape index (κ2) is 11.0. The summed E-state index contributed by atoms with van der Waals surface area (Å²) in [5, 5.41) is 12.1. The molecule has 4 N–H and O–H groups in total. The van der Waals surface area contributed by atoms with E-state index in [0.717, 1.165) is 18.5 Å². The molecule has 2 aromatic heterocycles. The molecule has 11 heteroatoms. The number of carboxylic acids is 1. The number of rotatable bonds is 10. The summed E-state index contributed by atoms with van der Waals surface area (Å²) in [4.78, 5) is 19.5. The van der Waals surface area contributed by atoms with Crippen molar-refractivity contribution in [1.29, 1.82) is 0 Å². The van der Waals surface area contributed by atoms with Crippen LogP contribution in [0.25, 0.3) is 0 Å². The molecule has 1 aromatic carbocycles. The van der Waals surface area contributed by atoms with Gasteiger partial charge in [-0.05, 0) is 61.6 Å². The number of unbranched alkanes of at least 4 members (excludes halogenated alkanes) is 2. The Bertz CT molecular complexity index is 1200. The molecular weight excluding hydrogens is 468 g/mol. The zero-order valence-electron chi connectivity index (χ0n) is 18.8. The summed E-state index contributed by atoms with van der Waals surface area (Å²) in [5.41, 5.74) is 6.34. The van der Waals surface area contributed by atoms with Crippen LogP contribution < -0.4 is 15.8 Å². The lowest BCUT2D eigenvalue weighted by atomic mass is 10.0. The van der Waals surface area contributed by atoms with E-state index in [1.165, 1.54) is 25.3 Å². The molecule has 3 rings (SSSR count). The average molecular weight is 492 g/mol. The van der Waals surface area contributed by atoms with Crippen LogP contribution in [-0.2, 0) is 19.0 Å². The van der Waals surface area contributed by atoms with Gasteiger partial charge in [0.1, 0.15) is 17.2 Å². The van der Waals surface area contributed by atoms with Crippen LogP contribution in [0, 0.1) is 5.82 Å². The molecule has 0 aliphatic rings. The average Bonchev–Trinajstić information content (AvgIpc) is 2.81. The van der Waals surface area contributed by atoms with Crippen LogP contribution in [0.5, 0.6) is 5.88 Å². The lowest BCUT2D eigenvalue weighted by molar-refractivity contribution is -0.137. The molecule has 3 aromatic rings. The van der Waals surface area contributed by atoms with Gasteiger partial charge in [-0.2, -0.15) is 13.2 Å². The number of carbonyl (C=O) groups is 1. The summed E-state index contributed by atoms with van der Waals surface area (Å²) in [6, 6.07) is 7.79. The van der Waals surface area contributed by atoms with Crippen molar-refractivity contribution in [3.63, 3.8) is 0 Å². The Labute approximate surface area is 199 Å². The molecule has 0 amide bonds. The van der Waals surface area contributed by atoms with E-state index in [-0.39, 0.29) is 5.82 Å². The third-order valence-corrected chi connectivity index (χ3v) is 5.32. The molecule has 2 heterocycles. The fraction of sp³-hybridized carbons (Fsp3) is 0.292. The minimum atomic E-state index is -4.73. The monoisotopic (exact) mass is 492 g/mol. The maximum absolute atomic E-state index is 13.9. The van der Waals surface area contributed by atoms with Crippen molar-refractivity contribution in [2.45, 2.75) is 38.3 Å². The van der Waals surface area contributed by atoms with Crippen molar-refractivity contribution >= 4 is 23.2 Å². The van der Waals surface area contributed by atoms with Gasteiger partial charge in [0.15, 0.2) is 0 Å². The standard InChI is InChI=1S/C24H24F4N4O3/c1-35-21-10-8-18(29)20(31-21)6-4-2-3-5-14-11-16(25)7-9-19(14)32-22-17(23(33)34)12-15(13-30-22)24(26,27)28/h7-13H,2-6,29H2,1H3,(H,30,32)(H,33,34). The summed E-state index contributed by atoms with van der Waals surface area (Å²) >= 11 is 0. The van der Waals surface area contributed by atoms with Gasteiger partial charge < -0.3 is 20.9 Å². The number of methoxy groups -OCH3 is 1. The summed E-state index contributed by atoms with van der Waals surface area (Å²) in [7, 11) is 1.52. The van der Waals surface area contributed by atoms with E-state index in [1.54, 1.807) is 12.1 Å². The van der Waals surface area contributed by atoms with Crippen molar-refractivity contribution in [3.8, 4) is 5.88 Å². The zero-order valence-corrected chi connectivity index (χ0v) is 18.8. The topological polar surface area (TPSA) is 110 Å². The third-order valence-electron chi connectivity index (χ3n) is 5.32.